The first kappa shape index (κ1) is 13.5. The lowest BCUT2D eigenvalue weighted by Gasteiger charge is -2.10. The highest BCUT2D eigenvalue weighted by Crippen LogP contribution is 2.30. The molecule has 0 bridgehead atoms. The molecule has 0 aliphatic carbocycles. The van der Waals surface area contributed by atoms with Crippen molar-refractivity contribution in [1.82, 2.24) is 0 Å². The van der Waals surface area contributed by atoms with Crippen molar-refractivity contribution in [2.24, 2.45) is 0 Å². The van der Waals surface area contributed by atoms with E-state index in [0.29, 0.717) is 36.3 Å². The standard InChI is InChI=1S/C13H17FO3/c1-9(15)5-4-6-10-7-12(16-2)13(17-3)8-11(10)14/h7-8H,4-6H2,1-3H3. The molecule has 0 unspecified atom stereocenters. The van der Waals surface area contributed by atoms with Gasteiger partial charge in [0.1, 0.15) is 11.6 Å². The summed E-state index contributed by atoms with van der Waals surface area (Å²) in [7, 11) is 2.97. The smallest absolute Gasteiger partial charge is 0.163 e. The maximum Gasteiger partial charge on any atom is 0.163 e. The number of benzene rings is 1. The number of rotatable bonds is 6. The van der Waals surface area contributed by atoms with Gasteiger partial charge in [0.25, 0.3) is 0 Å². The number of ketones is 1. The number of ether oxygens (including phenoxy) is 2. The van der Waals surface area contributed by atoms with Crippen LogP contribution < -0.4 is 9.47 Å². The van der Waals surface area contributed by atoms with Crippen LogP contribution in [0.1, 0.15) is 25.3 Å². The molecular weight excluding hydrogens is 223 g/mol. The third-order valence-corrected chi connectivity index (χ3v) is 2.53. The van der Waals surface area contributed by atoms with Crippen LogP contribution in [0.4, 0.5) is 4.39 Å². The fourth-order valence-electron chi connectivity index (χ4n) is 1.62. The minimum Gasteiger partial charge on any atom is -0.493 e. The Bertz CT molecular complexity index is 402. The van der Waals surface area contributed by atoms with Gasteiger partial charge in [-0.15, -0.1) is 0 Å². The summed E-state index contributed by atoms with van der Waals surface area (Å²) in [6, 6.07) is 2.93. The Morgan fingerprint density at radius 1 is 1.24 bits per heavy atom. The van der Waals surface area contributed by atoms with E-state index in [-0.39, 0.29) is 11.6 Å². The molecular formula is C13H17FO3. The molecule has 0 saturated heterocycles. The highest BCUT2D eigenvalue weighted by molar-refractivity contribution is 5.75. The van der Waals surface area contributed by atoms with Crippen LogP contribution in [0.3, 0.4) is 0 Å². The molecule has 0 saturated carbocycles. The molecule has 4 heteroatoms. The van der Waals surface area contributed by atoms with Crippen molar-refractivity contribution in [2.45, 2.75) is 26.2 Å². The Morgan fingerprint density at radius 3 is 2.35 bits per heavy atom. The fraction of sp³-hybridized carbons (Fsp3) is 0.462. The Morgan fingerprint density at radius 2 is 1.82 bits per heavy atom. The number of carbonyl (C=O) groups is 1. The lowest BCUT2D eigenvalue weighted by molar-refractivity contribution is -0.117. The van der Waals surface area contributed by atoms with E-state index in [0.717, 1.165) is 0 Å². The van der Waals surface area contributed by atoms with Gasteiger partial charge in [-0.05, 0) is 31.4 Å². The second-order valence-electron chi connectivity index (χ2n) is 3.85. The molecule has 1 aromatic carbocycles. The average Bonchev–Trinajstić information content (AvgIpc) is 2.30. The van der Waals surface area contributed by atoms with Gasteiger partial charge in [0, 0.05) is 12.5 Å². The lowest BCUT2D eigenvalue weighted by atomic mass is 10.1. The van der Waals surface area contributed by atoms with Crippen molar-refractivity contribution in [1.29, 1.82) is 0 Å². The minimum absolute atomic E-state index is 0.117. The molecule has 0 aromatic heterocycles. The third kappa shape index (κ3) is 3.73. The summed E-state index contributed by atoms with van der Waals surface area (Å²) in [6.45, 7) is 1.53. The van der Waals surface area contributed by atoms with Crippen LogP contribution in [0.2, 0.25) is 0 Å². The monoisotopic (exact) mass is 240 g/mol. The van der Waals surface area contributed by atoms with E-state index in [1.54, 1.807) is 6.07 Å². The van der Waals surface area contributed by atoms with E-state index < -0.39 is 0 Å². The number of methoxy groups -OCH3 is 2. The first-order valence-corrected chi connectivity index (χ1v) is 5.48. The van der Waals surface area contributed by atoms with E-state index in [1.165, 1.54) is 27.2 Å². The zero-order valence-corrected chi connectivity index (χ0v) is 10.4. The van der Waals surface area contributed by atoms with Gasteiger partial charge in [0.05, 0.1) is 14.2 Å². The Kier molecular flexibility index (Phi) is 4.94. The number of Topliss-reactive ketones (excluding diaryl/α,β-unsaturated/α-hetero) is 1. The van der Waals surface area contributed by atoms with Crippen molar-refractivity contribution in [3.63, 3.8) is 0 Å². The molecule has 0 spiro atoms. The first-order valence-electron chi connectivity index (χ1n) is 5.48. The molecule has 3 nitrogen and oxygen atoms in total. The van der Waals surface area contributed by atoms with Gasteiger partial charge in [-0.25, -0.2) is 4.39 Å². The Hall–Kier alpha value is -1.58. The number of aryl methyl sites for hydroxylation is 1. The summed E-state index contributed by atoms with van der Waals surface area (Å²) in [5, 5.41) is 0. The molecule has 0 radical (unpaired) electrons. The topological polar surface area (TPSA) is 35.5 Å². The minimum atomic E-state index is -0.328. The summed E-state index contributed by atoms with van der Waals surface area (Å²) in [6.07, 6.45) is 1.63. The van der Waals surface area contributed by atoms with Gasteiger partial charge in [-0.2, -0.15) is 0 Å². The largest absolute Gasteiger partial charge is 0.493 e. The van der Waals surface area contributed by atoms with E-state index in [4.69, 9.17) is 9.47 Å². The van der Waals surface area contributed by atoms with Gasteiger partial charge < -0.3 is 14.3 Å². The number of halogens is 1. The highest BCUT2D eigenvalue weighted by Gasteiger charge is 2.10. The van der Waals surface area contributed by atoms with Crippen molar-refractivity contribution in [3.8, 4) is 11.5 Å². The summed E-state index contributed by atoms with van der Waals surface area (Å²) in [5.74, 6) is 0.670. The molecule has 1 aromatic rings. The molecule has 1 rings (SSSR count). The van der Waals surface area contributed by atoms with Crippen LogP contribution >= 0.6 is 0 Å². The number of hydrogen-bond donors (Lipinski definition) is 0. The zero-order chi connectivity index (χ0) is 12.8. The summed E-state index contributed by atoms with van der Waals surface area (Å²) >= 11 is 0. The third-order valence-electron chi connectivity index (χ3n) is 2.53. The Balaban J connectivity index is 2.81. The second kappa shape index (κ2) is 6.23. The van der Waals surface area contributed by atoms with Crippen molar-refractivity contribution >= 4 is 5.78 Å². The molecule has 0 atom stereocenters. The van der Waals surface area contributed by atoms with Crippen LogP contribution in [-0.2, 0) is 11.2 Å². The maximum absolute atomic E-state index is 13.7. The predicted octanol–water partition coefficient (Wildman–Crippen LogP) is 2.75. The van der Waals surface area contributed by atoms with Crippen LogP contribution in [0.25, 0.3) is 0 Å². The number of hydrogen-bond acceptors (Lipinski definition) is 3. The van der Waals surface area contributed by atoms with Crippen LogP contribution in [0.5, 0.6) is 11.5 Å². The van der Waals surface area contributed by atoms with E-state index in [1.807, 2.05) is 0 Å². The molecule has 0 heterocycles. The molecule has 94 valence electrons. The number of carbonyl (C=O) groups excluding carboxylic acids is 1. The summed E-state index contributed by atoms with van der Waals surface area (Å²) < 4.78 is 23.8. The van der Waals surface area contributed by atoms with Crippen LogP contribution in [-0.4, -0.2) is 20.0 Å². The maximum atomic E-state index is 13.7. The molecule has 0 N–H and O–H groups in total. The fourth-order valence-corrected chi connectivity index (χ4v) is 1.62. The van der Waals surface area contributed by atoms with Crippen molar-refractivity contribution in [2.75, 3.05) is 14.2 Å². The molecule has 0 aliphatic rings. The first-order chi connectivity index (χ1) is 8.08. The van der Waals surface area contributed by atoms with Gasteiger partial charge in [-0.1, -0.05) is 0 Å². The van der Waals surface area contributed by atoms with Crippen LogP contribution in [0.15, 0.2) is 12.1 Å². The van der Waals surface area contributed by atoms with E-state index in [9.17, 15) is 9.18 Å². The predicted molar refractivity (Wildman–Crippen MR) is 63.1 cm³/mol. The highest BCUT2D eigenvalue weighted by atomic mass is 19.1. The molecule has 0 amide bonds. The normalized spacial score (nSPS) is 10.1. The second-order valence-corrected chi connectivity index (χ2v) is 3.85. The zero-order valence-electron chi connectivity index (χ0n) is 10.4. The van der Waals surface area contributed by atoms with Crippen molar-refractivity contribution in [3.05, 3.63) is 23.5 Å². The van der Waals surface area contributed by atoms with Gasteiger partial charge >= 0.3 is 0 Å². The SMILES string of the molecule is COc1cc(F)c(CCCC(C)=O)cc1OC. The van der Waals surface area contributed by atoms with Gasteiger partial charge in [-0.3, -0.25) is 0 Å². The van der Waals surface area contributed by atoms with Gasteiger partial charge in [0.2, 0.25) is 0 Å². The van der Waals surface area contributed by atoms with E-state index in [2.05, 4.69) is 0 Å². The quantitative estimate of drug-likeness (QED) is 0.767. The molecule has 0 aliphatic heterocycles. The van der Waals surface area contributed by atoms with Crippen molar-refractivity contribution < 1.29 is 18.7 Å². The van der Waals surface area contributed by atoms with Crippen LogP contribution in [0, 0.1) is 5.82 Å². The van der Waals surface area contributed by atoms with Gasteiger partial charge in [0.15, 0.2) is 11.5 Å². The Labute approximate surface area is 101 Å². The lowest BCUT2D eigenvalue weighted by Crippen LogP contribution is -1.98. The molecule has 0 fully saturated rings. The summed E-state index contributed by atoms with van der Waals surface area (Å²) in [4.78, 5) is 10.8. The average molecular weight is 240 g/mol. The molecule has 17 heavy (non-hydrogen) atoms. The summed E-state index contributed by atoms with van der Waals surface area (Å²) in [5.41, 5.74) is 0.545. The van der Waals surface area contributed by atoms with E-state index >= 15 is 0 Å².